The molecule has 35 heavy (non-hydrogen) atoms. The van der Waals surface area contributed by atoms with Crippen molar-refractivity contribution in [1.29, 1.82) is 0 Å². The van der Waals surface area contributed by atoms with Gasteiger partial charge in [0, 0.05) is 51.1 Å². The number of nitrogens with zero attached hydrogens (tertiary/aromatic N) is 1. The Morgan fingerprint density at radius 3 is 2.11 bits per heavy atom. The van der Waals surface area contributed by atoms with Crippen molar-refractivity contribution in [3.8, 4) is 12.3 Å². The molecular weight excluding hydrogens is 432 g/mol. The minimum absolute atomic E-state index is 0.173. The van der Waals surface area contributed by atoms with Gasteiger partial charge in [0.25, 0.3) is 5.91 Å². The average molecular weight is 455 g/mol. The van der Waals surface area contributed by atoms with Gasteiger partial charge in [-0.2, -0.15) is 0 Å². The fourth-order valence-electron chi connectivity index (χ4n) is 3.73. The van der Waals surface area contributed by atoms with Crippen LogP contribution < -0.4 is 16.0 Å². The number of hydrogen-bond donors (Lipinski definition) is 3. The Balaban J connectivity index is 1.25. The van der Waals surface area contributed by atoms with Crippen LogP contribution in [0.2, 0.25) is 0 Å². The molecule has 0 saturated heterocycles. The monoisotopic (exact) mass is 454 g/mol. The van der Waals surface area contributed by atoms with E-state index in [1.165, 1.54) is 0 Å². The predicted molar refractivity (Wildman–Crippen MR) is 144 cm³/mol. The number of hydrogen-bond acceptors (Lipinski definition) is 4. The summed E-state index contributed by atoms with van der Waals surface area (Å²) in [5, 5.41) is 10.6. The number of aromatic nitrogens is 1. The minimum Gasteiger partial charge on any atom is -0.356 e. The molecule has 0 bridgehead atoms. The molecule has 5 nitrogen and oxygen atoms in total. The molecule has 5 aromatic rings. The third-order valence-electron chi connectivity index (χ3n) is 5.54. The van der Waals surface area contributed by atoms with Gasteiger partial charge in [0.2, 0.25) is 0 Å². The summed E-state index contributed by atoms with van der Waals surface area (Å²) in [4.78, 5) is 17.1. The van der Waals surface area contributed by atoms with Crippen LogP contribution in [0.25, 0.3) is 10.9 Å². The molecule has 0 aliphatic rings. The van der Waals surface area contributed by atoms with Crippen molar-refractivity contribution < 1.29 is 4.79 Å². The molecule has 4 aromatic carbocycles. The van der Waals surface area contributed by atoms with E-state index in [1.54, 1.807) is 18.3 Å². The first-order chi connectivity index (χ1) is 17.2. The smallest absolute Gasteiger partial charge is 0.255 e. The Morgan fingerprint density at radius 1 is 0.714 bits per heavy atom. The van der Waals surface area contributed by atoms with Gasteiger partial charge in [-0.25, -0.2) is 0 Å². The molecule has 0 unspecified atom stereocenters. The number of pyridine rings is 1. The first-order valence-corrected chi connectivity index (χ1v) is 11.1. The Morgan fingerprint density at radius 2 is 1.37 bits per heavy atom. The van der Waals surface area contributed by atoms with Gasteiger partial charge in [-0.1, -0.05) is 24.1 Å². The minimum atomic E-state index is -0.173. The summed E-state index contributed by atoms with van der Waals surface area (Å²) in [5.74, 6) is 2.49. The van der Waals surface area contributed by atoms with Crippen LogP contribution in [0.4, 0.5) is 28.4 Å². The zero-order valence-electron chi connectivity index (χ0n) is 18.8. The topological polar surface area (TPSA) is 66.0 Å². The zero-order valence-corrected chi connectivity index (χ0v) is 18.8. The number of nitrogens with one attached hydrogen (secondary N) is 3. The quantitative estimate of drug-likeness (QED) is 0.243. The van der Waals surface area contributed by atoms with Crippen molar-refractivity contribution in [2.45, 2.75) is 0 Å². The molecule has 1 heterocycles. The number of terminal acetylenes is 1. The number of amides is 1. The highest BCUT2D eigenvalue weighted by Crippen LogP contribution is 2.26. The van der Waals surface area contributed by atoms with Gasteiger partial charge >= 0.3 is 0 Å². The van der Waals surface area contributed by atoms with E-state index in [0.717, 1.165) is 44.9 Å². The lowest BCUT2D eigenvalue weighted by Gasteiger charge is -2.11. The van der Waals surface area contributed by atoms with E-state index in [4.69, 9.17) is 6.42 Å². The highest BCUT2D eigenvalue weighted by atomic mass is 16.1. The van der Waals surface area contributed by atoms with Crippen LogP contribution in [0.15, 0.2) is 109 Å². The molecule has 5 rings (SSSR count). The van der Waals surface area contributed by atoms with Crippen LogP contribution >= 0.6 is 0 Å². The van der Waals surface area contributed by atoms with E-state index in [9.17, 15) is 4.79 Å². The van der Waals surface area contributed by atoms with E-state index in [1.807, 2.05) is 91.0 Å². The summed E-state index contributed by atoms with van der Waals surface area (Å²) in [6.45, 7) is 0. The normalized spacial score (nSPS) is 10.4. The Labute approximate surface area is 203 Å². The second-order valence-electron chi connectivity index (χ2n) is 7.96. The molecular formula is C30H22N4O. The Hall–Kier alpha value is -5.08. The van der Waals surface area contributed by atoms with Crippen LogP contribution in [0.3, 0.4) is 0 Å². The Kier molecular flexibility index (Phi) is 6.10. The third kappa shape index (κ3) is 5.13. The number of carbonyl (C=O) groups excluding carboxylic acids is 1. The van der Waals surface area contributed by atoms with Crippen molar-refractivity contribution in [3.05, 3.63) is 120 Å². The molecule has 0 atom stereocenters. The van der Waals surface area contributed by atoms with Gasteiger partial charge in [-0.3, -0.25) is 9.78 Å². The van der Waals surface area contributed by atoms with Gasteiger partial charge in [0.05, 0.1) is 5.52 Å². The van der Waals surface area contributed by atoms with Crippen molar-refractivity contribution in [2.24, 2.45) is 0 Å². The number of benzene rings is 4. The molecule has 0 aliphatic heterocycles. The molecule has 0 spiro atoms. The first kappa shape index (κ1) is 21.7. The lowest BCUT2D eigenvalue weighted by molar-refractivity contribution is 0.102. The fraction of sp³-hybridized carbons (Fsp3) is 0. The van der Waals surface area contributed by atoms with E-state index >= 15 is 0 Å². The van der Waals surface area contributed by atoms with Crippen LogP contribution in [0.5, 0.6) is 0 Å². The maximum Gasteiger partial charge on any atom is 0.255 e. The summed E-state index contributed by atoms with van der Waals surface area (Å²) in [6.07, 6.45) is 7.30. The zero-order chi connectivity index (χ0) is 24.0. The third-order valence-corrected chi connectivity index (χ3v) is 5.54. The van der Waals surface area contributed by atoms with Crippen molar-refractivity contribution in [1.82, 2.24) is 4.98 Å². The SMILES string of the molecule is C#Cc1ccc2nccc(Nc3ccc(C(=O)Nc4ccc(Nc5ccccc5)cc4)cc3)c2c1. The molecule has 0 aliphatic carbocycles. The molecule has 5 heteroatoms. The number of carbonyl (C=O) groups is 1. The van der Waals surface area contributed by atoms with E-state index in [-0.39, 0.29) is 5.91 Å². The largest absolute Gasteiger partial charge is 0.356 e. The second kappa shape index (κ2) is 9.82. The first-order valence-electron chi connectivity index (χ1n) is 11.1. The molecule has 0 radical (unpaired) electrons. The fourth-order valence-corrected chi connectivity index (χ4v) is 3.73. The molecule has 0 saturated carbocycles. The number of para-hydroxylation sites is 1. The van der Waals surface area contributed by atoms with E-state index < -0.39 is 0 Å². The van der Waals surface area contributed by atoms with Gasteiger partial charge < -0.3 is 16.0 Å². The maximum atomic E-state index is 12.7. The van der Waals surface area contributed by atoms with Gasteiger partial charge in [0.15, 0.2) is 0 Å². The van der Waals surface area contributed by atoms with Crippen molar-refractivity contribution >= 4 is 45.2 Å². The van der Waals surface area contributed by atoms with Gasteiger partial charge in [-0.15, -0.1) is 6.42 Å². The number of anilines is 5. The maximum absolute atomic E-state index is 12.7. The van der Waals surface area contributed by atoms with E-state index in [2.05, 4.69) is 26.9 Å². The summed E-state index contributed by atoms with van der Waals surface area (Å²) in [7, 11) is 0. The van der Waals surface area contributed by atoms with Crippen LogP contribution in [-0.2, 0) is 0 Å². The van der Waals surface area contributed by atoms with Gasteiger partial charge in [-0.05, 0) is 84.9 Å². The average Bonchev–Trinajstić information content (AvgIpc) is 2.91. The molecule has 168 valence electrons. The van der Waals surface area contributed by atoms with E-state index in [0.29, 0.717) is 5.56 Å². The summed E-state index contributed by atoms with van der Waals surface area (Å²) >= 11 is 0. The standard InChI is InChI=1S/C30H22N4O/c1-2-21-8-17-28-27(20-21)29(18-19-31-28)33-25-11-9-22(10-12-25)30(35)34-26-15-13-24(14-16-26)32-23-6-4-3-5-7-23/h1,3-20,32H,(H,31,33)(H,34,35). The molecule has 1 aromatic heterocycles. The highest BCUT2D eigenvalue weighted by Gasteiger charge is 2.08. The number of rotatable bonds is 6. The van der Waals surface area contributed by atoms with Gasteiger partial charge in [0.1, 0.15) is 0 Å². The van der Waals surface area contributed by atoms with Crippen LogP contribution in [-0.4, -0.2) is 10.9 Å². The van der Waals surface area contributed by atoms with Crippen LogP contribution in [0, 0.1) is 12.3 Å². The molecule has 0 fully saturated rings. The highest BCUT2D eigenvalue weighted by molar-refractivity contribution is 6.04. The second-order valence-corrected chi connectivity index (χ2v) is 7.96. The van der Waals surface area contributed by atoms with Crippen molar-refractivity contribution in [2.75, 3.05) is 16.0 Å². The lowest BCUT2D eigenvalue weighted by Crippen LogP contribution is -2.11. The predicted octanol–water partition coefficient (Wildman–Crippen LogP) is 6.96. The Bertz CT molecular complexity index is 1520. The molecule has 3 N–H and O–H groups in total. The number of fused-ring (bicyclic) bond motifs is 1. The summed E-state index contributed by atoms with van der Waals surface area (Å²) in [5.41, 5.74) is 6.65. The van der Waals surface area contributed by atoms with Crippen molar-refractivity contribution in [3.63, 3.8) is 0 Å². The van der Waals surface area contributed by atoms with Crippen LogP contribution in [0.1, 0.15) is 15.9 Å². The summed E-state index contributed by atoms with van der Waals surface area (Å²) < 4.78 is 0. The molecule has 1 amide bonds. The summed E-state index contributed by atoms with van der Waals surface area (Å²) in [6, 6.07) is 32.5. The lowest BCUT2D eigenvalue weighted by atomic mass is 10.1.